The van der Waals surface area contributed by atoms with Crippen LogP contribution in [0.15, 0.2) is 0 Å². The number of ether oxygens (including phenoxy) is 1. The molecule has 4 nitrogen and oxygen atoms in total. The van der Waals surface area contributed by atoms with Gasteiger partial charge in [0, 0.05) is 7.11 Å². The van der Waals surface area contributed by atoms with Crippen LogP contribution in [-0.2, 0) is 18.0 Å². The average molecular weight is 309 g/mol. The fourth-order valence-electron chi connectivity index (χ4n) is 1.91. The Balaban J connectivity index is 3.00. The maximum atomic E-state index is 6.45. The third kappa shape index (κ3) is 3.75. The van der Waals surface area contributed by atoms with Gasteiger partial charge in [-0.15, -0.1) is 0 Å². The second-order valence-corrected chi connectivity index (χ2v) is 25.2. The van der Waals surface area contributed by atoms with Gasteiger partial charge in [-0.25, -0.2) is 0 Å². The molecule has 0 N–H and O–H groups in total. The van der Waals surface area contributed by atoms with E-state index in [0.717, 1.165) is 0 Å². The van der Waals surface area contributed by atoms with Crippen LogP contribution >= 0.6 is 0 Å². The molecule has 108 valence electrons. The molecular formula is C11H28O4Si3. The lowest BCUT2D eigenvalue weighted by Gasteiger charge is -2.43. The van der Waals surface area contributed by atoms with Crippen molar-refractivity contribution in [2.75, 3.05) is 26.9 Å². The summed E-state index contributed by atoms with van der Waals surface area (Å²) in [6, 6.07) is 0. The van der Waals surface area contributed by atoms with E-state index in [9.17, 15) is 0 Å². The summed E-state index contributed by atoms with van der Waals surface area (Å²) in [5.74, 6) is 0. The van der Waals surface area contributed by atoms with Gasteiger partial charge in [0.2, 0.25) is 0 Å². The number of hydrogen-bond donors (Lipinski definition) is 0. The summed E-state index contributed by atoms with van der Waals surface area (Å²) in [7, 11) is -3.86. The zero-order valence-corrected chi connectivity index (χ0v) is 15.8. The molecule has 7 heteroatoms. The predicted molar refractivity (Wildman–Crippen MR) is 81.1 cm³/mol. The normalized spacial score (nSPS) is 31.8. The van der Waals surface area contributed by atoms with Gasteiger partial charge < -0.3 is 18.0 Å². The minimum absolute atomic E-state index is 0.163. The highest BCUT2D eigenvalue weighted by atomic mass is 29.3. The van der Waals surface area contributed by atoms with E-state index < -0.39 is 24.0 Å². The smallest absolute Gasteiger partial charge is 0.380 e. The molecule has 0 aromatic rings. The van der Waals surface area contributed by atoms with Gasteiger partial charge in [-0.05, 0) is 0 Å². The Kier molecular flexibility index (Phi) is 5.39. The van der Waals surface area contributed by atoms with Crippen LogP contribution in [0.2, 0.25) is 39.3 Å². The molecule has 1 saturated heterocycles. The quantitative estimate of drug-likeness (QED) is 0.750. The van der Waals surface area contributed by atoms with Crippen molar-refractivity contribution in [2.24, 2.45) is 0 Å². The maximum absolute atomic E-state index is 6.45. The molecule has 1 aliphatic rings. The van der Waals surface area contributed by atoms with E-state index in [-0.39, 0.29) is 5.73 Å². The predicted octanol–water partition coefficient (Wildman–Crippen LogP) is 2.30. The van der Waals surface area contributed by atoms with E-state index in [4.69, 9.17) is 18.0 Å². The van der Waals surface area contributed by atoms with E-state index >= 15 is 0 Å². The molecule has 0 spiro atoms. The molecule has 0 radical (unpaired) electrons. The summed E-state index contributed by atoms with van der Waals surface area (Å²) in [6.45, 7) is 15.6. The summed E-state index contributed by atoms with van der Waals surface area (Å²) in [4.78, 5) is 0. The standard InChI is InChI=1S/C11H28O4Si3/c1-12-18(17(5,6)7)14-9-8-13-10-11(15-18)16(2,3)4/h11H,8-10H2,1-7H3. The topological polar surface area (TPSA) is 36.9 Å². The summed E-state index contributed by atoms with van der Waals surface area (Å²) in [5, 5.41) is 0. The molecule has 0 aromatic carbocycles. The van der Waals surface area contributed by atoms with Crippen molar-refractivity contribution >= 4 is 24.0 Å². The van der Waals surface area contributed by atoms with Crippen LogP contribution in [-0.4, -0.2) is 56.6 Å². The van der Waals surface area contributed by atoms with Crippen molar-refractivity contribution in [3.8, 4) is 0 Å². The minimum Gasteiger partial charge on any atom is -0.380 e. The summed E-state index contributed by atoms with van der Waals surface area (Å²) in [5.41, 5.74) is 0.163. The van der Waals surface area contributed by atoms with Crippen LogP contribution in [0.3, 0.4) is 0 Å². The summed E-state index contributed by atoms with van der Waals surface area (Å²) >= 11 is 0. The highest BCUT2D eigenvalue weighted by molar-refractivity contribution is 7.33. The molecule has 1 aliphatic heterocycles. The van der Waals surface area contributed by atoms with Gasteiger partial charge in [0.15, 0.2) is 0 Å². The third-order valence-corrected chi connectivity index (χ3v) is 16.2. The molecule has 0 aliphatic carbocycles. The molecule has 0 bridgehead atoms. The Labute approximate surface area is 114 Å². The van der Waals surface area contributed by atoms with Crippen molar-refractivity contribution in [3.05, 3.63) is 0 Å². The van der Waals surface area contributed by atoms with E-state index in [1.54, 1.807) is 7.11 Å². The molecular weight excluding hydrogens is 280 g/mol. The fraction of sp³-hybridized carbons (Fsp3) is 1.00. The Bertz CT molecular complexity index is 274. The van der Waals surface area contributed by atoms with E-state index in [1.807, 2.05) is 0 Å². The Morgan fingerprint density at radius 3 is 2.11 bits per heavy atom. The highest BCUT2D eigenvalue weighted by Crippen LogP contribution is 2.28. The van der Waals surface area contributed by atoms with Gasteiger partial charge in [-0.3, -0.25) is 0 Å². The van der Waals surface area contributed by atoms with Crippen LogP contribution in [0.25, 0.3) is 0 Å². The van der Waals surface area contributed by atoms with Crippen molar-refractivity contribution in [1.29, 1.82) is 0 Å². The molecule has 2 atom stereocenters. The molecule has 1 rings (SSSR count). The molecule has 1 heterocycles. The van der Waals surface area contributed by atoms with Crippen molar-refractivity contribution in [2.45, 2.75) is 45.0 Å². The van der Waals surface area contributed by atoms with E-state index in [0.29, 0.717) is 19.8 Å². The lowest BCUT2D eigenvalue weighted by atomic mass is 10.7. The zero-order valence-electron chi connectivity index (χ0n) is 12.8. The second-order valence-electron chi connectivity index (χ2n) is 6.91. The molecule has 0 aromatic heterocycles. The molecule has 0 saturated carbocycles. The third-order valence-electron chi connectivity index (χ3n) is 3.24. The monoisotopic (exact) mass is 308 g/mol. The first-order chi connectivity index (χ1) is 8.12. The van der Waals surface area contributed by atoms with Crippen LogP contribution in [0.4, 0.5) is 0 Å². The summed E-state index contributed by atoms with van der Waals surface area (Å²) < 4.78 is 24.0. The van der Waals surface area contributed by atoms with E-state index in [2.05, 4.69) is 39.3 Å². The first kappa shape index (κ1) is 16.5. The second kappa shape index (κ2) is 5.86. The number of hydrogen-bond acceptors (Lipinski definition) is 4. The van der Waals surface area contributed by atoms with Crippen molar-refractivity contribution < 1.29 is 18.0 Å². The van der Waals surface area contributed by atoms with Gasteiger partial charge in [-0.2, -0.15) is 0 Å². The molecule has 18 heavy (non-hydrogen) atoms. The van der Waals surface area contributed by atoms with Gasteiger partial charge in [0.25, 0.3) is 0 Å². The van der Waals surface area contributed by atoms with Crippen LogP contribution in [0, 0.1) is 0 Å². The summed E-state index contributed by atoms with van der Waals surface area (Å²) in [6.07, 6.45) is 0. The van der Waals surface area contributed by atoms with Gasteiger partial charge >= 0.3 is 8.32 Å². The van der Waals surface area contributed by atoms with Crippen molar-refractivity contribution in [1.82, 2.24) is 0 Å². The Morgan fingerprint density at radius 2 is 1.67 bits per heavy atom. The lowest BCUT2D eigenvalue weighted by Crippen LogP contribution is -2.68. The van der Waals surface area contributed by atoms with Crippen molar-refractivity contribution in [3.63, 3.8) is 0 Å². The van der Waals surface area contributed by atoms with Gasteiger partial charge in [0.05, 0.1) is 33.6 Å². The maximum Gasteiger partial charge on any atom is 0.469 e. The molecule has 1 fully saturated rings. The minimum atomic E-state index is -2.52. The Hall–Kier alpha value is 0.491. The van der Waals surface area contributed by atoms with Crippen LogP contribution < -0.4 is 0 Å². The zero-order chi connectivity index (χ0) is 14.0. The van der Waals surface area contributed by atoms with Crippen LogP contribution in [0.1, 0.15) is 0 Å². The first-order valence-electron chi connectivity index (χ1n) is 6.57. The highest BCUT2D eigenvalue weighted by Gasteiger charge is 2.56. The van der Waals surface area contributed by atoms with Crippen LogP contribution in [0.5, 0.6) is 0 Å². The van der Waals surface area contributed by atoms with Gasteiger partial charge in [-0.1, -0.05) is 39.3 Å². The van der Waals surface area contributed by atoms with Gasteiger partial charge in [0.1, 0.15) is 7.59 Å². The first-order valence-corrected chi connectivity index (χ1v) is 16.4. The Morgan fingerprint density at radius 1 is 1.06 bits per heavy atom. The largest absolute Gasteiger partial charge is 0.469 e. The molecule has 2 unspecified atom stereocenters. The van der Waals surface area contributed by atoms with E-state index in [1.165, 1.54) is 0 Å². The lowest BCUT2D eigenvalue weighted by molar-refractivity contribution is -0.0163. The SMILES string of the molecule is CO[Si]1([Si](C)(C)C)OCCOCC([Si](C)(C)C)O1. The molecule has 0 amide bonds. The fourth-order valence-corrected chi connectivity index (χ4v) is 12.2. The number of rotatable bonds is 3. The average Bonchev–Trinajstić information content (AvgIpc) is 2.13.